The van der Waals surface area contributed by atoms with Gasteiger partial charge in [-0.1, -0.05) is 39.1 Å². The Labute approximate surface area is 191 Å². The number of rotatable bonds is 6. The zero-order valence-corrected chi connectivity index (χ0v) is 18.9. The van der Waals surface area contributed by atoms with E-state index in [2.05, 4.69) is 32.1 Å². The maximum atomic E-state index is 12.1. The molecule has 0 heterocycles. The summed E-state index contributed by atoms with van der Waals surface area (Å²) in [5.41, 5.74) is 4.73. The van der Waals surface area contributed by atoms with Gasteiger partial charge in [0, 0.05) is 9.50 Å². The minimum absolute atomic E-state index is 0.107. The molecule has 11 heteroatoms. The lowest BCUT2D eigenvalue weighted by Crippen LogP contribution is -2.51. The average molecular weight is 521 g/mol. The van der Waals surface area contributed by atoms with Gasteiger partial charge in [-0.2, -0.15) is 0 Å². The van der Waals surface area contributed by atoms with E-state index < -0.39 is 17.9 Å². The van der Waals surface area contributed by atoms with Crippen LogP contribution in [0.1, 0.15) is 6.92 Å². The Morgan fingerprint density at radius 2 is 1.83 bits per heavy atom. The van der Waals surface area contributed by atoms with Gasteiger partial charge < -0.3 is 9.47 Å². The Balaban J connectivity index is 1.72. The lowest BCUT2D eigenvalue weighted by atomic mass is 10.3. The summed E-state index contributed by atoms with van der Waals surface area (Å²) in [5, 5.41) is 3.01. The molecule has 0 aliphatic carbocycles. The van der Waals surface area contributed by atoms with Crippen LogP contribution in [0.3, 0.4) is 0 Å². The normalized spacial score (nSPS) is 11.2. The van der Waals surface area contributed by atoms with Crippen LogP contribution in [-0.2, 0) is 9.59 Å². The third-order valence-corrected chi connectivity index (χ3v) is 4.57. The fourth-order valence-electron chi connectivity index (χ4n) is 1.90. The average Bonchev–Trinajstić information content (AvgIpc) is 2.68. The zero-order chi connectivity index (χ0) is 21.4. The highest BCUT2D eigenvalue weighted by Crippen LogP contribution is 2.28. The van der Waals surface area contributed by atoms with Gasteiger partial charge in [0.05, 0.1) is 5.02 Å². The molecule has 0 saturated carbocycles. The Morgan fingerprint density at radius 3 is 2.48 bits per heavy atom. The lowest BCUT2D eigenvalue weighted by molar-refractivity contribution is -0.126. The summed E-state index contributed by atoms with van der Waals surface area (Å²) < 4.78 is 11.7. The first-order valence-corrected chi connectivity index (χ1v) is 10.1. The van der Waals surface area contributed by atoms with Gasteiger partial charge in [0.15, 0.2) is 17.8 Å². The highest BCUT2D eigenvalue weighted by molar-refractivity contribution is 9.10. The molecule has 29 heavy (non-hydrogen) atoms. The zero-order valence-electron chi connectivity index (χ0n) is 15.0. The minimum Gasteiger partial charge on any atom is -0.484 e. The summed E-state index contributed by atoms with van der Waals surface area (Å²) in [6, 6.07) is 11.6. The van der Waals surface area contributed by atoms with Crippen LogP contribution >= 0.6 is 51.3 Å². The van der Waals surface area contributed by atoms with E-state index in [1.54, 1.807) is 36.4 Å². The molecule has 0 aliphatic rings. The number of benzene rings is 2. The summed E-state index contributed by atoms with van der Waals surface area (Å²) in [6.07, 6.45) is -0.898. The number of hydrogen-bond donors (Lipinski definition) is 3. The summed E-state index contributed by atoms with van der Waals surface area (Å²) in [7, 11) is 0. The molecule has 3 N–H and O–H groups in total. The van der Waals surface area contributed by atoms with Crippen molar-refractivity contribution < 1.29 is 19.1 Å². The number of amides is 2. The van der Waals surface area contributed by atoms with Crippen LogP contribution in [0.15, 0.2) is 46.9 Å². The monoisotopic (exact) mass is 519 g/mol. The van der Waals surface area contributed by atoms with E-state index in [0.29, 0.717) is 16.5 Å². The summed E-state index contributed by atoms with van der Waals surface area (Å²) >= 11 is 20.1. The SMILES string of the molecule is CC(Oc1ccc(Cl)cc1Cl)C(=O)NC(=S)NNC(=O)COc1ccc(Br)cc1. The Kier molecular flexibility index (Phi) is 8.97. The number of hydrogen-bond acceptors (Lipinski definition) is 5. The second-order valence-corrected chi connectivity index (χ2v) is 7.74. The van der Waals surface area contributed by atoms with Gasteiger partial charge in [0.2, 0.25) is 0 Å². The summed E-state index contributed by atoms with van der Waals surface area (Å²) in [5.74, 6) is -0.183. The first-order valence-electron chi connectivity index (χ1n) is 8.14. The summed E-state index contributed by atoms with van der Waals surface area (Å²) in [4.78, 5) is 23.9. The first kappa shape index (κ1) is 23.2. The van der Waals surface area contributed by atoms with E-state index in [0.717, 1.165) is 4.47 Å². The Morgan fingerprint density at radius 1 is 1.14 bits per heavy atom. The van der Waals surface area contributed by atoms with Crippen molar-refractivity contribution in [3.8, 4) is 11.5 Å². The maximum absolute atomic E-state index is 12.1. The topological polar surface area (TPSA) is 88.7 Å². The van der Waals surface area contributed by atoms with Gasteiger partial charge in [-0.15, -0.1) is 0 Å². The quantitative estimate of drug-likeness (QED) is 0.398. The van der Waals surface area contributed by atoms with Crippen LogP contribution in [0.5, 0.6) is 11.5 Å². The van der Waals surface area contributed by atoms with Crippen molar-refractivity contribution in [2.75, 3.05) is 6.61 Å². The molecule has 7 nitrogen and oxygen atoms in total. The highest BCUT2D eigenvalue weighted by Gasteiger charge is 2.17. The van der Waals surface area contributed by atoms with Crippen molar-refractivity contribution in [1.29, 1.82) is 0 Å². The molecule has 2 amide bonds. The molecule has 2 rings (SSSR count). The lowest BCUT2D eigenvalue weighted by Gasteiger charge is -2.17. The number of hydrazine groups is 1. The van der Waals surface area contributed by atoms with Crippen molar-refractivity contribution in [3.05, 3.63) is 57.0 Å². The molecule has 2 aromatic carbocycles. The van der Waals surface area contributed by atoms with Gasteiger partial charge in [0.25, 0.3) is 11.8 Å². The molecular weight excluding hydrogens is 505 g/mol. The fourth-order valence-corrected chi connectivity index (χ4v) is 2.77. The van der Waals surface area contributed by atoms with Crippen LogP contribution in [0, 0.1) is 0 Å². The van der Waals surface area contributed by atoms with Gasteiger partial charge in [-0.3, -0.25) is 25.8 Å². The van der Waals surface area contributed by atoms with E-state index >= 15 is 0 Å². The number of nitrogens with one attached hydrogen (secondary N) is 3. The van der Waals surface area contributed by atoms with Crippen molar-refractivity contribution in [3.63, 3.8) is 0 Å². The first-order chi connectivity index (χ1) is 13.7. The number of ether oxygens (including phenoxy) is 2. The number of carbonyl (C=O) groups excluding carboxylic acids is 2. The molecule has 0 spiro atoms. The smallest absolute Gasteiger partial charge is 0.276 e. The predicted molar refractivity (Wildman–Crippen MR) is 118 cm³/mol. The van der Waals surface area contributed by atoms with Crippen molar-refractivity contribution in [2.24, 2.45) is 0 Å². The molecular formula is C18H16BrCl2N3O4S. The Bertz CT molecular complexity index is 899. The van der Waals surface area contributed by atoms with Crippen molar-refractivity contribution in [2.45, 2.75) is 13.0 Å². The minimum atomic E-state index is -0.898. The molecule has 2 aromatic rings. The molecule has 1 unspecified atom stereocenters. The number of thiocarbonyl (C=S) groups is 1. The van der Waals surface area contributed by atoms with E-state index in [9.17, 15) is 9.59 Å². The highest BCUT2D eigenvalue weighted by atomic mass is 79.9. The second-order valence-electron chi connectivity index (χ2n) is 5.57. The standard InChI is InChI=1S/C18H16BrCl2N3O4S/c1-10(28-15-7-4-12(20)8-14(15)21)17(26)22-18(29)24-23-16(25)9-27-13-5-2-11(19)3-6-13/h2-8,10H,9H2,1H3,(H,23,25)(H2,22,24,26,29). The van der Waals surface area contributed by atoms with Gasteiger partial charge in [-0.05, 0) is 61.6 Å². The summed E-state index contributed by atoms with van der Waals surface area (Å²) in [6.45, 7) is 1.29. The van der Waals surface area contributed by atoms with Crippen molar-refractivity contribution in [1.82, 2.24) is 16.2 Å². The third-order valence-electron chi connectivity index (χ3n) is 3.30. The van der Waals surface area contributed by atoms with E-state index in [1.807, 2.05) is 0 Å². The van der Waals surface area contributed by atoms with Gasteiger partial charge in [0.1, 0.15) is 11.5 Å². The molecule has 154 valence electrons. The van der Waals surface area contributed by atoms with Gasteiger partial charge in [-0.25, -0.2) is 0 Å². The Hall–Kier alpha value is -2.07. The molecule has 0 saturated heterocycles. The van der Waals surface area contributed by atoms with E-state index in [1.165, 1.54) is 13.0 Å². The van der Waals surface area contributed by atoms with Gasteiger partial charge >= 0.3 is 0 Å². The fraction of sp³-hybridized carbons (Fsp3) is 0.167. The van der Waals surface area contributed by atoms with E-state index in [4.69, 9.17) is 44.9 Å². The van der Waals surface area contributed by atoms with Crippen LogP contribution in [0.2, 0.25) is 10.0 Å². The molecule has 1 atom stereocenters. The molecule has 0 radical (unpaired) electrons. The largest absolute Gasteiger partial charge is 0.484 e. The van der Waals surface area contributed by atoms with Crippen LogP contribution < -0.4 is 25.6 Å². The van der Waals surface area contributed by atoms with E-state index in [-0.39, 0.29) is 16.7 Å². The number of halogens is 3. The molecule has 0 aliphatic heterocycles. The second kappa shape index (κ2) is 11.2. The van der Waals surface area contributed by atoms with Crippen LogP contribution in [-0.4, -0.2) is 29.6 Å². The maximum Gasteiger partial charge on any atom is 0.276 e. The third kappa shape index (κ3) is 8.06. The predicted octanol–water partition coefficient (Wildman–Crippen LogP) is 3.62. The molecule has 0 fully saturated rings. The van der Waals surface area contributed by atoms with Crippen LogP contribution in [0.25, 0.3) is 0 Å². The van der Waals surface area contributed by atoms with Crippen LogP contribution in [0.4, 0.5) is 0 Å². The molecule has 0 aromatic heterocycles. The van der Waals surface area contributed by atoms with Crippen molar-refractivity contribution >= 4 is 68.3 Å². The molecule has 0 bridgehead atoms. The number of carbonyl (C=O) groups is 2.